The number of urea groups is 1. The third-order valence-electron chi connectivity index (χ3n) is 4.67. The van der Waals surface area contributed by atoms with Crippen molar-refractivity contribution in [3.63, 3.8) is 0 Å². The molecular formula is C19H28N5O4+. The van der Waals surface area contributed by atoms with Crippen molar-refractivity contribution in [3.05, 3.63) is 35.9 Å². The second kappa shape index (κ2) is 8.83. The molecule has 9 heteroatoms. The van der Waals surface area contributed by atoms with Crippen LogP contribution in [0.1, 0.15) is 18.9 Å². The molecule has 0 aromatic heterocycles. The molecule has 0 saturated carbocycles. The largest absolute Gasteiger partial charge is 0.344 e. The summed E-state index contributed by atoms with van der Waals surface area (Å²) in [6.07, 6.45) is 1.03. The van der Waals surface area contributed by atoms with Crippen LogP contribution in [0.2, 0.25) is 0 Å². The molecule has 1 saturated heterocycles. The minimum Gasteiger partial charge on any atom is -0.344 e. The Labute approximate surface area is 164 Å². The Morgan fingerprint density at radius 3 is 2.43 bits per heavy atom. The molecule has 152 valence electrons. The number of hydrogen-bond acceptors (Lipinski definition) is 4. The van der Waals surface area contributed by atoms with Gasteiger partial charge in [0.2, 0.25) is 0 Å². The highest BCUT2D eigenvalue weighted by Crippen LogP contribution is 2.22. The lowest BCUT2D eigenvalue weighted by Crippen LogP contribution is -3.11. The van der Waals surface area contributed by atoms with E-state index in [2.05, 4.69) is 10.7 Å². The molecule has 1 aliphatic heterocycles. The summed E-state index contributed by atoms with van der Waals surface area (Å²) >= 11 is 0. The number of rotatable bonds is 8. The molecule has 1 fully saturated rings. The van der Waals surface area contributed by atoms with E-state index in [0.717, 1.165) is 10.6 Å². The molecular weight excluding hydrogens is 362 g/mol. The first-order valence-corrected chi connectivity index (χ1v) is 9.14. The number of hydrazine groups is 1. The van der Waals surface area contributed by atoms with Gasteiger partial charge >= 0.3 is 6.03 Å². The predicted molar refractivity (Wildman–Crippen MR) is 102 cm³/mol. The molecule has 1 aromatic carbocycles. The number of carbonyl (C=O) groups excluding carboxylic acids is 4. The summed E-state index contributed by atoms with van der Waals surface area (Å²) in [6, 6.07) is 9.00. The smallest absolute Gasteiger partial charge is 0.344 e. The molecule has 1 aliphatic rings. The molecule has 0 aliphatic carbocycles. The van der Waals surface area contributed by atoms with Crippen LogP contribution in [0.25, 0.3) is 0 Å². The van der Waals surface area contributed by atoms with E-state index < -0.39 is 23.4 Å². The van der Waals surface area contributed by atoms with Gasteiger partial charge in [0.25, 0.3) is 17.7 Å². The minimum absolute atomic E-state index is 0.0443. The SMILES string of the molecule is CN(C)C(=O)C[NH+](C)CC(=O)NN1C(=O)N[C@](C)(CCc2ccccc2)C1=O. The molecule has 9 nitrogen and oxygen atoms in total. The molecule has 0 radical (unpaired) electrons. The number of nitrogens with one attached hydrogen (secondary N) is 3. The molecule has 0 spiro atoms. The van der Waals surface area contributed by atoms with Crippen molar-refractivity contribution in [2.75, 3.05) is 34.2 Å². The van der Waals surface area contributed by atoms with Crippen molar-refractivity contribution in [3.8, 4) is 0 Å². The van der Waals surface area contributed by atoms with Crippen molar-refractivity contribution >= 4 is 23.8 Å². The lowest BCUT2D eigenvalue weighted by atomic mass is 9.93. The molecule has 1 aromatic rings. The Hall–Kier alpha value is -2.94. The van der Waals surface area contributed by atoms with Crippen LogP contribution in [-0.2, 0) is 20.8 Å². The maximum absolute atomic E-state index is 12.7. The maximum Gasteiger partial charge on any atom is 0.344 e. The first-order chi connectivity index (χ1) is 13.1. The zero-order chi connectivity index (χ0) is 20.9. The third-order valence-corrected chi connectivity index (χ3v) is 4.67. The minimum atomic E-state index is -1.08. The van der Waals surface area contributed by atoms with Crippen LogP contribution in [0.15, 0.2) is 30.3 Å². The van der Waals surface area contributed by atoms with Gasteiger partial charge in [-0.05, 0) is 25.3 Å². The normalized spacial score (nSPS) is 19.9. The highest BCUT2D eigenvalue weighted by Gasteiger charge is 2.48. The van der Waals surface area contributed by atoms with Gasteiger partial charge in [0.1, 0.15) is 5.54 Å². The number of benzene rings is 1. The van der Waals surface area contributed by atoms with E-state index >= 15 is 0 Å². The lowest BCUT2D eigenvalue weighted by molar-refractivity contribution is -0.863. The van der Waals surface area contributed by atoms with Crippen molar-refractivity contribution in [2.45, 2.75) is 25.3 Å². The third kappa shape index (κ3) is 5.29. The van der Waals surface area contributed by atoms with E-state index in [0.29, 0.717) is 17.7 Å². The highest BCUT2D eigenvalue weighted by molar-refractivity contribution is 6.07. The standard InChI is InChI=1S/C19H27N5O4/c1-19(11-10-14-8-6-5-7-9-14)17(27)24(18(28)20-19)21-15(25)12-23(4)13-16(26)22(2)3/h5-9H,10-13H2,1-4H3,(H,20,28)(H,21,25)/p+1/t19-/m1/s1. The van der Waals surface area contributed by atoms with Crippen molar-refractivity contribution in [1.82, 2.24) is 20.7 Å². The number of nitrogens with zero attached hydrogens (tertiary/aromatic N) is 2. The quantitative estimate of drug-likeness (QED) is 0.473. The second-order valence-corrected chi connectivity index (χ2v) is 7.52. The summed E-state index contributed by atoms with van der Waals surface area (Å²) in [7, 11) is 4.97. The van der Waals surface area contributed by atoms with E-state index in [-0.39, 0.29) is 19.0 Å². The summed E-state index contributed by atoms with van der Waals surface area (Å²) in [6.45, 7) is 1.74. The van der Waals surface area contributed by atoms with E-state index in [1.54, 1.807) is 28.1 Å². The summed E-state index contributed by atoms with van der Waals surface area (Å²) in [5, 5.41) is 3.39. The zero-order valence-corrected chi connectivity index (χ0v) is 16.7. The van der Waals surface area contributed by atoms with E-state index in [1.807, 2.05) is 30.3 Å². The van der Waals surface area contributed by atoms with E-state index in [4.69, 9.17) is 0 Å². The van der Waals surface area contributed by atoms with Gasteiger partial charge in [-0.15, -0.1) is 0 Å². The summed E-state index contributed by atoms with van der Waals surface area (Å²) in [4.78, 5) is 50.9. The zero-order valence-electron chi connectivity index (χ0n) is 16.7. The fraction of sp³-hybridized carbons (Fsp3) is 0.474. The Bertz CT molecular complexity index is 752. The van der Waals surface area contributed by atoms with Gasteiger partial charge in [-0.25, -0.2) is 4.79 Å². The summed E-state index contributed by atoms with van der Waals surface area (Å²) in [5.41, 5.74) is 2.33. The van der Waals surface area contributed by atoms with Crippen LogP contribution in [0.3, 0.4) is 0 Å². The average molecular weight is 390 g/mol. The van der Waals surface area contributed by atoms with Crippen LogP contribution >= 0.6 is 0 Å². The average Bonchev–Trinajstić information content (AvgIpc) is 2.84. The predicted octanol–water partition coefficient (Wildman–Crippen LogP) is -1.44. The maximum atomic E-state index is 12.7. The van der Waals surface area contributed by atoms with Gasteiger partial charge < -0.3 is 15.1 Å². The first kappa shape index (κ1) is 21.4. The van der Waals surface area contributed by atoms with Crippen LogP contribution in [0.5, 0.6) is 0 Å². The Kier molecular flexibility index (Phi) is 6.74. The Morgan fingerprint density at radius 1 is 1.18 bits per heavy atom. The van der Waals surface area contributed by atoms with Gasteiger partial charge in [-0.1, -0.05) is 30.3 Å². The van der Waals surface area contributed by atoms with Crippen LogP contribution in [0.4, 0.5) is 4.79 Å². The molecule has 1 heterocycles. The molecule has 0 bridgehead atoms. The topological polar surface area (TPSA) is 103 Å². The number of hydrogen-bond donors (Lipinski definition) is 3. The summed E-state index contributed by atoms with van der Waals surface area (Å²) < 4.78 is 0. The fourth-order valence-electron chi connectivity index (χ4n) is 2.91. The number of imide groups is 1. The van der Waals surface area contributed by atoms with Gasteiger partial charge in [-0.2, -0.15) is 5.01 Å². The van der Waals surface area contributed by atoms with Crippen LogP contribution in [-0.4, -0.2) is 73.4 Å². The first-order valence-electron chi connectivity index (χ1n) is 9.14. The number of quaternary nitrogens is 1. The van der Waals surface area contributed by atoms with Gasteiger partial charge in [0, 0.05) is 14.1 Å². The van der Waals surface area contributed by atoms with E-state index in [1.165, 1.54) is 4.90 Å². The number of likely N-dealkylation sites (N-methyl/N-ethyl adjacent to an activating group) is 2. The fourth-order valence-corrected chi connectivity index (χ4v) is 2.91. The van der Waals surface area contributed by atoms with Gasteiger partial charge in [0.15, 0.2) is 13.1 Å². The van der Waals surface area contributed by atoms with Crippen molar-refractivity contribution in [1.29, 1.82) is 0 Å². The Morgan fingerprint density at radius 2 is 1.82 bits per heavy atom. The van der Waals surface area contributed by atoms with E-state index in [9.17, 15) is 19.2 Å². The van der Waals surface area contributed by atoms with Gasteiger partial charge in [-0.3, -0.25) is 19.8 Å². The van der Waals surface area contributed by atoms with Crippen LogP contribution < -0.4 is 15.6 Å². The highest BCUT2D eigenvalue weighted by atomic mass is 16.2. The van der Waals surface area contributed by atoms with Crippen LogP contribution in [0, 0.1) is 0 Å². The van der Waals surface area contributed by atoms with Crippen molar-refractivity contribution < 1.29 is 24.1 Å². The molecule has 28 heavy (non-hydrogen) atoms. The molecule has 2 atom stereocenters. The molecule has 1 unspecified atom stereocenters. The lowest BCUT2D eigenvalue weighted by Gasteiger charge is -2.22. The molecule has 2 rings (SSSR count). The van der Waals surface area contributed by atoms with Crippen molar-refractivity contribution in [2.24, 2.45) is 0 Å². The number of aryl methyl sites for hydroxylation is 1. The molecule has 3 N–H and O–H groups in total. The number of amides is 5. The second-order valence-electron chi connectivity index (χ2n) is 7.52. The monoisotopic (exact) mass is 390 g/mol. The molecule has 5 amide bonds. The summed E-state index contributed by atoms with van der Waals surface area (Å²) in [5.74, 6) is -1.13. The number of carbonyl (C=O) groups is 4. The van der Waals surface area contributed by atoms with Gasteiger partial charge in [0.05, 0.1) is 7.05 Å². The Balaban J connectivity index is 1.91.